The van der Waals surface area contributed by atoms with Crippen molar-refractivity contribution in [2.24, 2.45) is 11.7 Å². The van der Waals surface area contributed by atoms with E-state index in [1.807, 2.05) is 23.1 Å². The molecule has 0 unspecified atom stereocenters. The van der Waals surface area contributed by atoms with E-state index in [0.29, 0.717) is 19.0 Å². The molecule has 1 heterocycles. The summed E-state index contributed by atoms with van der Waals surface area (Å²) in [6.45, 7) is 3.08. The minimum Gasteiger partial charge on any atom is -0.475 e. The quantitative estimate of drug-likeness (QED) is 0.601. The second kappa shape index (κ2) is 9.75. The minimum atomic E-state index is -5.08. The molecule has 1 aromatic rings. The maximum absolute atomic E-state index is 12.4. The number of carboxylic acids is 1. The number of fused-ring (bicyclic) bond motifs is 1. The molecule has 1 aliphatic heterocycles. The van der Waals surface area contributed by atoms with Crippen molar-refractivity contribution in [1.82, 2.24) is 10.2 Å². The van der Waals surface area contributed by atoms with Gasteiger partial charge in [0.25, 0.3) is 0 Å². The van der Waals surface area contributed by atoms with E-state index in [1.165, 1.54) is 11.1 Å². The van der Waals surface area contributed by atoms with Gasteiger partial charge in [-0.15, -0.1) is 0 Å². The minimum absolute atomic E-state index is 0.0142. The van der Waals surface area contributed by atoms with Crippen LogP contribution in [0.4, 0.5) is 13.2 Å². The van der Waals surface area contributed by atoms with Crippen LogP contribution in [0.3, 0.4) is 0 Å². The van der Waals surface area contributed by atoms with Gasteiger partial charge in [-0.25, -0.2) is 4.79 Å². The number of rotatable bonds is 6. The van der Waals surface area contributed by atoms with Crippen molar-refractivity contribution in [3.05, 3.63) is 47.5 Å². The molecule has 0 saturated heterocycles. The second-order valence-corrected chi connectivity index (χ2v) is 7.28. The van der Waals surface area contributed by atoms with E-state index in [9.17, 15) is 22.8 Å². The molecule has 1 aromatic carbocycles. The summed E-state index contributed by atoms with van der Waals surface area (Å²) in [5.41, 5.74) is 7.74. The number of nitrogens with zero attached hydrogens (tertiary/aromatic N) is 1. The van der Waals surface area contributed by atoms with Crippen LogP contribution < -0.4 is 11.1 Å². The van der Waals surface area contributed by atoms with Gasteiger partial charge in [0.05, 0.1) is 6.04 Å². The largest absolute Gasteiger partial charge is 0.490 e. The van der Waals surface area contributed by atoms with Crippen LogP contribution >= 0.6 is 0 Å². The van der Waals surface area contributed by atoms with Gasteiger partial charge in [-0.3, -0.25) is 14.9 Å². The smallest absolute Gasteiger partial charge is 0.475 e. The van der Waals surface area contributed by atoms with E-state index in [-0.39, 0.29) is 17.9 Å². The zero-order chi connectivity index (χ0) is 22.5. The lowest BCUT2D eigenvalue weighted by molar-refractivity contribution is -0.192. The number of alkyl halides is 3. The van der Waals surface area contributed by atoms with Gasteiger partial charge in [0.1, 0.15) is 0 Å². The van der Waals surface area contributed by atoms with E-state index in [4.69, 9.17) is 15.6 Å². The van der Waals surface area contributed by atoms with E-state index in [2.05, 4.69) is 17.4 Å². The topological polar surface area (TPSA) is 113 Å². The Morgan fingerprint density at radius 1 is 1.20 bits per heavy atom. The number of nitrogens with two attached hydrogens (primary N) is 1. The number of hydrogen-bond donors (Lipinski definition) is 3. The van der Waals surface area contributed by atoms with Gasteiger partial charge < -0.3 is 15.7 Å². The predicted molar refractivity (Wildman–Crippen MR) is 102 cm³/mol. The number of carbonyl (C=O) groups excluding carboxylic acids is 2. The molecule has 164 valence electrons. The highest BCUT2D eigenvalue weighted by atomic mass is 19.4. The van der Waals surface area contributed by atoms with Crippen molar-refractivity contribution in [3.63, 3.8) is 0 Å². The highest BCUT2D eigenvalue weighted by Gasteiger charge is 2.38. The van der Waals surface area contributed by atoms with Crippen molar-refractivity contribution < 1.29 is 32.7 Å². The third-order valence-electron chi connectivity index (χ3n) is 4.84. The first-order chi connectivity index (χ1) is 14.0. The third-order valence-corrected chi connectivity index (χ3v) is 4.84. The summed E-state index contributed by atoms with van der Waals surface area (Å²) in [5, 5.41) is 10.3. The third kappa shape index (κ3) is 6.87. The SMILES string of the molecule is C[C@H](N[C@H](/C=C/C(=O)N1Cc2ccccc2C1)C1CC1)C(N)=O.O=C(O)C(F)(F)F. The fraction of sp³-hybridized carbons (Fsp3) is 0.450. The molecule has 0 spiro atoms. The molecule has 2 atom stereocenters. The van der Waals surface area contributed by atoms with Crippen molar-refractivity contribution >= 4 is 17.8 Å². The molecule has 3 rings (SSSR count). The first-order valence-electron chi connectivity index (χ1n) is 9.38. The van der Waals surface area contributed by atoms with Crippen LogP contribution in [0.25, 0.3) is 0 Å². The molecule has 2 aliphatic rings. The number of benzene rings is 1. The predicted octanol–water partition coefficient (Wildman–Crippen LogP) is 1.96. The van der Waals surface area contributed by atoms with Gasteiger partial charge >= 0.3 is 12.1 Å². The van der Waals surface area contributed by atoms with Crippen LogP contribution in [0.15, 0.2) is 36.4 Å². The van der Waals surface area contributed by atoms with E-state index < -0.39 is 18.2 Å². The Hall–Kier alpha value is -2.88. The summed E-state index contributed by atoms with van der Waals surface area (Å²) < 4.78 is 31.7. The Morgan fingerprint density at radius 3 is 2.10 bits per heavy atom. The van der Waals surface area contributed by atoms with Gasteiger partial charge in [0.15, 0.2) is 0 Å². The van der Waals surface area contributed by atoms with Crippen LogP contribution in [0.2, 0.25) is 0 Å². The van der Waals surface area contributed by atoms with Gasteiger partial charge in [-0.1, -0.05) is 30.3 Å². The number of halogens is 3. The standard InChI is InChI=1S/C18H23N3O2.C2HF3O2/c1-12(18(19)23)20-16(13-6-7-13)8-9-17(22)21-10-14-4-2-3-5-15(14)11-21;3-2(4,5)1(6)7/h2-5,8-9,12-13,16,20H,6-7,10-11H2,1H3,(H2,19,23);(H,6,7)/b9-8+;/t12-,16+;/m0./s1. The average Bonchev–Trinajstić information content (AvgIpc) is 3.42. The molecular formula is C20H24F3N3O4. The first kappa shape index (κ1) is 23.4. The number of carbonyl (C=O) groups is 3. The van der Waals surface area contributed by atoms with Crippen molar-refractivity contribution in [3.8, 4) is 0 Å². The number of nitrogens with one attached hydrogen (secondary N) is 1. The second-order valence-electron chi connectivity index (χ2n) is 7.28. The molecule has 0 bridgehead atoms. The summed E-state index contributed by atoms with van der Waals surface area (Å²) in [5.74, 6) is -2.62. The highest BCUT2D eigenvalue weighted by Crippen LogP contribution is 2.33. The molecule has 0 aromatic heterocycles. The van der Waals surface area contributed by atoms with Crippen LogP contribution in [0.1, 0.15) is 30.9 Å². The molecule has 10 heteroatoms. The van der Waals surface area contributed by atoms with Crippen LogP contribution in [0.5, 0.6) is 0 Å². The summed E-state index contributed by atoms with van der Waals surface area (Å²) in [6.07, 6.45) is 0.686. The number of primary amides is 1. The van der Waals surface area contributed by atoms with Gasteiger partial charge in [0, 0.05) is 25.2 Å². The van der Waals surface area contributed by atoms with Gasteiger partial charge in [0.2, 0.25) is 11.8 Å². The monoisotopic (exact) mass is 427 g/mol. The highest BCUT2D eigenvalue weighted by molar-refractivity contribution is 5.88. The van der Waals surface area contributed by atoms with Crippen molar-refractivity contribution in [1.29, 1.82) is 0 Å². The molecule has 1 saturated carbocycles. The Labute approximate surface area is 171 Å². The number of hydrogen-bond acceptors (Lipinski definition) is 4. The number of amides is 2. The zero-order valence-corrected chi connectivity index (χ0v) is 16.4. The first-order valence-corrected chi connectivity index (χ1v) is 9.38. The van der Waals surface area contributed by atoms with Crippen LogP contribution in [-0.2, 0) is 27.5 Å². The lowest BCUT2D eigenvalue weighted by Crippen LogP contribution is -2.44. The Kier molecular flexibility index (Phi) is 7.60. The number of aliphatic carboxylic acids is 1. The van der Waals surface area contributed by atoms with Crippen LogP contribution in [0, 0.1) is 5.92 Å². The zero-order valence-electron chi connectivity index (χ0n) is 16.4. The Morgan fingerprint density at radius 2 is 1.70 bits per heavy atom. The molecule has 0 radical (unpaired) electrons. The van der Waals surface area contributed by atoms with E-state index in [1.54, 1.807) is 13.0 Å². The molecular weight excluding hydrogens is 403 g/mol. The maximum atomic E-state index is 12.4. The van der Waals surface area contributed by atoms with Crippen LogP contribution in [-0.4, -0.2) is 46.1 Å². The number of carboxylic acid groups (broad SMARTS) is 1. The lowest BCUT2D eigenvalue weighted by Gasteiger charge is -2.19. The van der Waals surface area contributed by atoms with Crippen molar-refractivity contribution in [2.75, 3.05) is 0 Å². The summed E-state index contributed by atoms with van der Waals surface area (Å²) in [7, 11) is 0. The maximum Gasteiger partial charge on any atom is 0.490 e. The Bertz CT molecular complexity index is 797. The average molecular weight is 427 g/mol. The summed E-state index contributed by atoms with van der Waals surface area (Å²) in [4.78, 5) is 34.3. The van der Waals surface area contributed by atoms with Gasteiger partial charge in [-0.2, -0.15) is 13.2 Å². The lowest BCUT2D eigenvalue weighted by atomic mass is 10.1. The fourth-order valence-corrected chi connectivity index (χ4v) is 2.96. The molecule has 1 aliphatic carbocycles. The molecule has 30 heavy (non-hydrogen) atoms. The Balaban J connectivity index is 0.000000396. The normalized spacial score (nSPS) is 17.7. The summed E-state index contributed by atoms with van der Waals surface area (Å²) in [6, 6.07) is 7.77. The summed E-state index contributed by atoms with van der Waals surface area (Å²) >= 11 is 0. The fourth-order valence-electron chi connectivity index (χ4n) is 2.96. The molecule has 7 nitrogen and oxygen atoms in total. The molecule has 1 fully saturated rings. The van der Waals surface area contributed by atoms with Crippen molar-refractivity contribution in [2.45, 2.75) is 51.1 Å². The molecule has 2 amide bonds. The molecule has 4 N–H and O–H groups in total. The van der Waals surface area contributed by atoms with Gasteiger partial charge in [-0.05, 0) is 36.8 Å². The van der Waals surface area contributed by atoms with E-state index >= 15 is 0 Å². The van der Waals surface area contributed by atoms with E-state index in [0.717, 1.165) is 12.8 Å².